The quantitative estimate of drug-likeness (QED) is 0.921. The maximum absolute atomic E-state index is 5.32. The fourth-order valence-corrected chi connectivity index (χ4v) is 2.44. The molecule has 0 radical (unpaired) electrons. The Morgan fingerprint density at radius 1 is 1.17 bits per heavy atom. The fraction of sp³-hybridized carbons (Fsp3) is 0.308. The van der Waals surface area contributed by atoms with Gasteiger partial charge in [0.15, 0.2) is 16.6 Å². The highest BCUT2D eigenvalue weighted by Crippen LogP contribution is 2.36. The summed E-state index contributed by atoms with van der Waals surface area (Å²) in [6.45, 7) is 2.04. The zero-order valence-electron chi connectivity index (χ0n) is 10.9. The predicted octanol–water partition coefficient (Wildman–Crippen LogP) is 3.18. The van der Waals surface area contributed by atoms with Crippen molar-refractivity contribution in [3.63, 3.8) is 0 Å². The van der Waals surface area contributed by atoms with E-state index in [9.17, 15) is 0 Å². The van der Waals surface area contributed by atoms with Crippen LogP contribution in [-0.2, 0) is 0 Å². The van der Waals surface area contributed by atoms with E-state index in [4.69, 9.17) is 9.47 Å². The van der Waals surface area contributed by atoms with Crippen LogP contribution in [0.2, 0.25) is 0 Å². The topological polar surface area (TPSA) is 43.4 Å². The van der Waals surface area contributed by atoms with E-state index in [2.05, 4.69) is 10.3 Å². The maximum Gasteiger partial charge on any atom is 0.182 e. The van der Waals surface area contributed by atoms with Crippen molar-refractivity contribution < 1.29 is 9.47 Å². The van der Waals surface area contributed by atoms with E-state index < -0.39 is 0 Å². The van der Waals surface area contributed by atoms with Gasteiger partial charge in [0.25, 0.3) is 0 Å². The van der Waals surface area contributed by atoms with Gasteiger partial charge in [0, 0.05) is 18.0 Å². The Balaban J connectivity index is 2.50. The number of nitrogens with one attached hydrogen (secondary N) is 1. The van der Waals surface area contributed by atoms with Crippen LogP contribution in [-0.4, -0.2) is 26.3 Å². The van der Waals surface area contributed by atoms with Crippen LogP contribution in [0.5, 0.6) is 11.5 Å². The number of hydrogen-bond acceptors (Lipinski definition) is 5. The largest absolute Gasteiger partial charge is 0.493 e. The maximum atomic E-state index is 5.32. The summed E-state index contributed by atoms with van der Waals surface area (Å²) in [6, 6.07) is 3.93. The van der Waals surface area contributed by atoms with Crippen molar-refractivity contribution in [2.75, 3.05) is 26.6 Å². The molecule has 1 heterocycles. The van der Waals surface area contributed by atoms with Gasteiger partial charge in [-0.1, -0.05) is 0 Å². The van der Waals surface area contributed by atoms with Crippen LogP contribution < -0.4 is 14.8 Å². The molecule has 0 spiro atoms. The Kier molecular flexibility index (Phi) is 3.72. The highest BCUT2D eigenvalue weighted by Gasteiger charge is 2.12. The first kappa shape index (κ1) is 12.7. The van der Waals surface area contributed by atoms with E-state index in [0.717, 1.165) is 33.5 Å². The number of methoxy groups -OCH3 is 2. The highest BCUT2D eigenvalue weighted by atomic mass is 32.1. The van der Waals surface area contributed by atoms with Crippen LogP contribution in [0, 0.1) is 6.92 Å². The molecule has 18 heavy (non-hydrogen) atoms. The average molecular weight is 264 g/mol. The van der Waals surface area contributed by atoms with Gasteiger partial charge in [-0.05, 0) is 24.6 Å². The molecule has 0 saturated carbocycles. The van der Waals surface area contributed by atoms with E-state index in [1.807, 2.05) is 31.5 Å². The summed E-state index contributed by atoms with van der Waals surface area (Å²) in [5.41, 5.74) is 3.12. The second-order valence-corrected chi connectivity index (χ2v) is 4.67. The molecule has 0 atom stereocenters. The lowest BCUT2D eigenvalue weighted by Gasteiger charge is -2.11. The number of rotatable bonds is 4. The van der Waals surface area contributed by atoms with Gasteiger partial charge in [-0.3, -0.25) is 0 Å². The minimum absolute atomic E-state index is 0.720. The van der Waals surface area contributed by atoms with E-state index in [0.29, 0.717) is 0 Å². The summed E-state index contributed by atoms with van der Waals surface area (Å²) in [5, 5.41) is 5.97. The molecule has 0 aliphatic carbocycles. The molecule has 0 saturated heterocycles. The summed E-state index contributed by atoms with van der Waals surface area (Å²) in [7, 11) is 5.14. The number of benzene rings is 1. The van der Waals surface area contributed by atoms with Crippen molar-refractivity contribution in [3.05, 3.63) is 23.1 Å². The van der Waals surface area contributed by atoms with Crippen LogP contribution in [0.3, 0.4) is 0 Å². The molecule has 0 aliphatic rings. The van der Waals surface area contributed by atoms with E-state index in [-0.39, 0.29) is 0 Å². The second kappa shape index (κ2) is 5.27. The minimum atomic E-state index is 0.720. The fourth-order valence-electron chi connectivity index (χ4n) is 1.77. The number of nitrogens with zero attached hydrogens (tertiary/aromatic N) is 1. The molecule has 5 heteroatoms. The van der Waals surface area contributed by atoms with Gasteiger partial charge in [0.2, 0.25) is 0 Å². The third-order valence-electron chi connectivity index (χ3n) is 2.72. The van der Waals surface area contributed by atoms with Crippen molar-refractivity contribution in [1.29, 1.82) is 0 Å². The molecule has 96 valence electrons. The van der Waals surface area contributed by atoms with E-state index in [1.165, 1.54) is 0 Å². The normalized spacial score (nSPS) is 10.2. The minimum Gasteiger partial charge on any atom is -0.493 e. The van der Waals surface area contributed by atoms with Crippen LogP contribution in [0.1, 0.15) is 5.56 Å². The molecule has 2 rings (SSSR count). The molecule has 2 aromatic rings. The number of aromatic nitrogens is 1. The lowest BCUT2D eigenvalue weighted by Crippen LogP contribution is -1.94. The summed E-state index contributed by atoms with van der Waals surface area (Å²) in [5.74, 6) is 1.46. The Morgan fingerprint density at radius 3 is 2.39 bits per heavy atom. The van der Waals surface area contributed by atoms with Gasteiger partial charge in [0.1, 0.15) is 0 Å². The Hall–Kier alpha value is -1.75. The van der Waals surface area contributed by atoms with Crippen LogP contribution in [0.4, 0.5) is 5.13 Å². The lowest BCUT2D eigenvalue weighted by atomic mass is 10.1. The number of ether oxygens (including phenoxy) is 2. The molecular formula is C13H16N2O2S. The van der Waals surface area contributed by atoms with Crippen molar-refractivity contribution in [2.24, 2.45) is 0 Å². The number of aryl methyl sites for hydroxylation is 1. The van der Waals surface area contributed by atoms with Gasteiger partial charge < -0.3 is 14.8 Å². The third kappa shape index (κ3) is 2.26. The van der Waals surface area contributed by atoms with Crippen molar-refractivity contribution >= 4 is 16.5 Å². The average Bonchev–Trinajstić information content (AvgIpc) is 2.86. The molecule has 0 aliphatic heterocycles. The lowest BCUT2D eigenvalue weighted by molar-refractivity contribution is 0.355. The Labute approximate surface area is 111 Å². The van der Waals surface area contributed by atoms with E-state index >= 15 is 0 Å². The van der Waals surface area contributed by atoms with Crippen molar-refractivity contribution in [2.45, 2.75) is 6.92 Å². The number of thiazole rings is 1. The van der Waals surface area contributed by atoms with Gasteiger partial charge in [-0.2, -0.15) is 0 Å². The summed E-state index contributed by atoms with van der Waals surface area (Å²) in [4.78, 5) is 4.50. The first-order valence-electron chi connectivity index (χ1n) is 5.56. The van der Waals surface area contributed by atoms with E-state index in [1.54, 1.807) is 25.6 Å². The smallest absolute Gasteiger partial charge is 0.182 e. The van der Waals surface area contributed by atoms with Gasteiger partial charge in [-0.15, -0.1) is 11.3 Å². The Morgan fingerprint density at radius 2 is 1.83 bits per heavy atom. The van der Waals surface area contributed by atoms with Crippen molar-refractivity contribution in [1.82, 2.24) is 4.98 Å². The number of hydrogen-bond donors (Lipinski definition) is 1. The molecule has 0 fully saturated rings. The molecular weight excluding hydrogens is 248 g/mol. The first-order chi connectivity index (χ1) is 8.69. The van der Waals surface area contributed by atoms with Crippen LogP contribution >= 0.6 is 11.3 Å². The van der Waals surface area contributed by atoms with Crippen molar-refractivity contribution in [3.8, 4) is 22.8 Å². The molecule has 0 bridgehead atoms. The van der Waals surface area contributed by atoms with Gasteiger partial charge in [0.05, 0.1) is 19.9 Å². The zero-order valence-corrected chi connectivity index (χ0v) is 11.7. The first-order valence-corrected chi connectivity index (χ1v) is 6.43. The standard InChI is InChI=1S/C13H16N2O2S/c1-8-5-11(16-3)12(17-4)6-9(8)10-7-18-13(14-2)15-10/h5-7H,1-4H3,(H,14,15). The highest BCUT2D eigenvalue weighted by molar-refractivity contribution is 7.14. The van der Waals surface area contributed by atoms with Crippen LogP contribution in [0.25, 0.3) is 11.3 Å². The SMILES string of the molecule is CNc1nc(-c2cc(OC)c(OC)cc2C)cs1. The number of anilines is 1. The monoisotopic (exact) mass is 264 g/mol. The molecule has 1 N–H and O–H groups in total. The third-order valence-corrected chi connectivity index (χ3v) is 3.58. The Bertz CT molecular complexity index is 552. The van der Waals surface area contributed by atoms with Crippen LogP contribution in [0.15, 0.2) is 17.5 Å². The predicted molar refractivity (Wildman–Crippen MR) is 74.9 cm³/mol. The summed E-state index contributed by atoms with van der Waals surface area (Å²) >= 11 is 1.58. The molecule has 4 nitrogen and oxygen atoms in total. The van der Waals surface area contributed by atoms with Gasteiger partial charge >= 0.3 is 0 Å². The summed E-state index contributed by atoms with van der Waals surface area (Å²) in [6.07, 6.45) is 0. The second-order valence-electron chi connectivity index (χ2n) is 3.81. The zero-order chi connectivity index (χ0) is 13.1. The molecule has 0 amide bonds. The van der Waals surface area contributed by atoms with Gasteiger partial charge in [-0.25, -0.2) is 4.98 Å². The molecule has 1 aromatic heterocycles. The molecule has 0 unspecified atom stereocenters. The molecule has 1 aromatic carbocycles. The summed E-state index contributed by atoms with van der Waals surface area (Å²) < 4.78 is 10.6.